The fourth-order valence-electron chi connectivity index (χ4n) is 2.00. The minimum Gasteiger partial charge on any atom is -0.345 e. The van der Waals surface area contributed by atoms with Crippen molar-refractivity contribution in [2.45, 2.75) is 6.54 Å². The second kappa shape index (κ2) is 8.93. The largest absolute Gasteiger partial charge is 0.345 e. The molecule has 0 aliphatic carbocycles. The van der Waals surface area contributed by atoms with E-state index in [9.17, 15) is 18.8 Å². The van der Waals surface area contributed by atoms with Crippen LogP contribution in [0.3, 0.4) is 0 Å². The third kappa shape index (κ3) is 5.68. The van der Waals surface area contributed by atoms with Crippen LogP contribution in [-0.2, 0) is 16.1 Å². The number of halogens is 1. The molecule has 2 N–H and O–H groups in total. The lowest BCUT2D eigenvalue weighted by Gasteiger charge is -2.18. The van der Waals surface area contributed by atoms with Crippen LogP contribution in [0, 0.1) is 5.82 Å². The van der Waals surface area contributed by atoms with Gasteiger partial charge in [0.05, 0.1) is 18.0 Å². The number of benzene rings is 1. The number of thiophene rings is 1. The van der Waals surface area contributed by atoms with E-state index in [0.29, 0.717) is 10.4 Å². The van der Waals surface area contributed by atoms with Crippen LogP contribution >= 0.6 is 11.3 Å². The molecule has 0 atom stereocenters. The Morgan fingerprint density at radius 1 is 1.08 bits per heavy atom. The van der Waals surface area contributed by atoms with Gasteiger partial charge in [0.1, 0.15) is 5.82 Å². The van der Waals surface area contributed by atoms with Crippen molar-refractivity contribution < 1.29 is 18.8 Å². The predicted octanol–water partition coefficient (Wildman–Crippen LogP) is 1.39. The molecule has 8 heteroatoms. The number of hydrogen-bond donors (Lipinski definition) is 2. The van der Waals surface area contributed by atoms with Gasteiger partial charge in [-0.3, -0.25) is 14.4 Å². The number of amides is 3. The Morgan fingerprint density at radius 3 is 2.52 bits per heavy atom. The Morgan fingerprint density at radius 2 is 1.84 bits per heavy atom. The SMILES string of the molecule is CN(Cc1ccccc1F)C(=O)CNC(=O)CNC(=O)c1cccs1. The quantitative estimate of drug-likeness (QED) is 0.780. The van der Waals surface area contributed by atoms with E-state index in [1.807, 2.05) is 0 Å². The first-order valence-corrected chi connectivity index (χ1v) is 8.41. The average Bonchev–Trinajstić information content (AvgIpc) is 3.14. The maximum atomic E-state index is 13.6. The Hall–Kier alpha value is -2.74. The molecule has 0 bridgehead atoms. The first-order chi connectivity index (χ1) is 12.0. The van der Waals surface area contributed by atoms with Gasteiger partial charge in [0.25, 0.3) is 5.91 Å². The van der Waals surface area contributed by atoms with Crippen LogP contribution < -0.4 is 10.6 Å². The molecule has 0 aliphatic heterocycles. The lowest BCUT2D eigenvalue weighted by molar-refractivity contribution is -0.132. The van der Waals surface area contributed by atoms with Gasteiger partial charge in [-0.25, -0.2) is 4.39 Å². The second-order valence-corrected chi connectivity index (χ2v) is 6.23. The summed E-state index contributed by atoms with van der Waals surface area (Å²) in [6.07, 6.45) is 0. The molecular formula is C17H18FN3O3S. The van der Waals surface area contributed by atoms with E-state index in [2.05, 4.69) is 10.6 Å². The van der Waals surface area contributed by atoms with E-state index in [4.69, 9.17) is 0 Å². The van der Waals surface area contributed by atoms with Crippen molar-refractivity contribution in [1.29, 1.82) is 0 Å². The van der Waals surface area contributed by atoms with Crippen LogP contribution in [0.5, 0.6) is 0 Å². The van der Waals surface area contributed by atoms with Gasteiger partial charge in [0.15, 0.2) is 0 Å². The van der Waals surface area contributed by atoms with Gasteiger partial charge in [-0.2, -0.15) is 0 Å². The molecule has 132 valence electrons. The molecule has 0 saturated carbocycles. The highest BCUT2D eigenvalue weighted by Gasteiger charge is 2.13. The number of nitrogens with zero attached hydrogens (tertiary/aromatic N) is 1. The van der Waals surface area contributed by atoms with E-state index < -0.39 is 5.91 Å². The van der Waals surface area contributed by atoms with Crippen molar-refractivity contribution in [3.8, 4) is 0 Å². The van der Waals surface area contributed by atoms with Crippen molar-refractivity contribution >= 4 is 29.1 Å². The number of carbonyl (C=O) groups excluding carboxylic acids is 3. The number of likely N-dealkylation sites (N-methyl/N-ethyl adjacent to an activating group) is 1. The minimum atomic E-state index is -0.474. The molecule has 0 unspecified atom stereocenters. The molecule has 3 amide bonds. The third-order valence-corrected chi connectivity index (χ3v) is 4.25. The molecule has 25 heavy (non-hydrogen) atoms. The van der Waals surface area contributed by atoms with Crippen molar-refractivity contribution in [2.75, 3.05) is 20.1 Å². The summed E-state index contributed by atoms with van der Waals surface area (Å²) in [6, 6.07) is 9.58. The van der Waals surface area contributed by atoms with Gasteiger partial charge in [0.2, 0.25) is 11.8 Å². The number of hydrogen-bond acceptors (Lipinski definition) is 4. The zero-order valence-electron chi connectivity index (χ0n) is 13.6. The monoisotopic (exact) mass is 363 g/mol. The highest BCUT2D eigenvalue weighted by atomic mass is 32.1. The minimum absolute atomic E-state index is 0.108. The normalized spacial score (nSPS) is 10.2. The highest BCUT2D eigenvalue weighted by Crippen LogP contribution is 2.09. The highest BCUT2D eigenvalue weighted by molar-refractivity contribution is 7.12. The van der Waals surface area contributed by atoms with Crippen LogP contribution in [0.2, 0.25) is 0 Å². The van der Waals surface area contributed by atoms with Crippen molar-refractivity contribution in [1.82, 2.24) is 15.5 Å². The van der Waals surface area contributed by atoms with Gasteiger partial charge in [-0.1, -0.05) is 24.3 Å². The van der Waals surface area contributed by atoms with Crippen LogP contribution in [-0.4, -0.2) is 42.8 Å². The van der Waals surface area contributed by atoms with Crippen LogP contribution in [0.15, 0.2) is 41.8 Å². The number of rotatable bonds is 7. The molecule has 2 rings (SSSR count). The summed E-state index contributed by atoms with van der Waals surface area (Å²) in [5.74, 6) is -1.56. The topological polar surface area (TPSA) is 78.5 Å². The van der Waals surface area contributed by atoms with Crippen LogP contribution in [0.1, 0.15) is 15.2 Å². The summed E-state index contributed by atoms with van der Waals surface area (Å²) < 4.78 is 13.6. The molecule has 0 radical (unpaired) electrons. The molecule has 0 aliphatic rings. The molecule has 0 saturated heterocycles. The van der Waals surface area contributed by atoms with E-state index in [1.54, 1.807) is 35.7 Å². The first kappa shape index (κ1) is 18.6. The van der Waals surface area contributed by atoms with Gasteiger partial charge >= 0.3 is 0 Å². The molecular weight excluding hydrogens is 345 g/mol. The summed E-state index contributed by atoms with van der Waals surface area (Å²) in [4.78, 5) is 37.2. The van der Waals surface area contributed by atoms with Crippen molar-refractivity contribution in [2.24, 2.45) is 0 Å². The lowest BCUT2D eigenvalue weighted by Crippen LogP contribution is -2.42. The van der Waals surface area contributed by atoms with Gasteiger partial charge < -0.3 is 15.5 Å². The standard InChI is InChI=1S/C17H18FN3O3S/c1-21(11-12-5-2-3-6-13(12)18)16(23)10-19-15(22)9-20-17(24)14-7-4-8-25-14/h2-8H,9-11H2,1H3,(H,19,22)(H,20,24). The smallest absolute Gasteiger partial charge is 0.261 e. The lowest BCUT2D eigenvalue weighted by atomic mass is 10.2. The summed E-state index contributed by atoms with van der Waals surface area (Å²) in [6.45, 7) is -0.337. The summed E-state index contributed by atoms with van der Waals surface area (Å²) >= 11 is 1.27. The van der Waals surface area contributed by atoms with E-state index in [0.717, 1.165) is 0 Å². The van der Waals surface area contributed by atoms with Gasteiger partial charge in [-0.05, 0) is 17.5 Å². The average molecular weight is 363 g/mol. The molecule has 1 heterocycles. The summed E-state index contributed by atoms with van der Waals surface area (Å²) in [5.41, 5.74) is 0.396. The summed E-state index contributed by atoms with van der Waals surface area (Å²) in [5, 5.41) is 6.66. The Labute approximate surface area is 148 Å². The van der Waals surface area contributed by atoms with E-state index >= 15 is 0 Å². The fourth-order valence-corrected chi connectivity index (χ4v) is 2.64. The second-order valence-electron chi connectivity index (χ2n) is 5.28. The molecule has 1 aromatic carbocycles. The maximum absolute atomic E-state index is 13.6. The predicted molar refractivity (Wildman–Crippen MR) is 92.5 cm³/mol. The van der Waals surface area contributed by atoms with Crippen LogP contribution in [0.25, 0.3) is 0 Å². The maximum Gasteiger partial charge on any atom is 0.261 e. The third-order valence-electron chi connectivity index (χ3n) is 3.38. The number of carbonyl (C=O) groups is 3. The Balaban J connectivity index is 1.72. The molecule has 2 aromatic rings. The molecule has 1 aromatic heterocycles. The number of nitrogens with one attached hydrogen (secondary N) is 2. The van der Waals surface area contributed by atoms with E-state index in [1.165, 1.54) is 29.4 Å². The fraction of sp³-hybridized carbons (Fsp3) is 0.235. The summed E-state index contributed by atoms with van der Waals surface area (Å²) in [7, 11) is 1.53. The Bertz CT molecular complexity index is 749. The first-order valence-electron chi connectivity index (χ1n) is 7.53. The zero-order chi connectivity index (χ0) is 18.2. The van der Waals surface area contributed by atoms with Gasteiger partial charge in [0, 0.05) is 19.2 Å². The van der Waals surface area contributed by atoms with Crippen molar-refractivity contribution in [3.63, 3.8) is 0 Å². The van der Waals surface area contributed by atoms with Gasteiger partial charge in [-0.15, -0.1) is 11.3 Å². The molecule has 0 fully saturated rings. The zero-order valence-corrected chi connectivity index (χ0v) is 14.4. The van der Waals surface area contributed by atoms with E-state index in [-0.39, 0.29) is 37.3 Å². The van der Waals surface area contributed by atoms with Crippen LogP contribution in [0.4, 0.5) is 4.39 Å². The van der Waals surface area contributed by atoms with Crippen molar-refractivity contribution in [3.05, 3.63) is 58.0 Å². The molecule has 6 nitrogen and oxygen atoms in total. The Kier molecular flexibility index (Phi) is 6.64. The molecule has 0 spiro atoms.